The van der Waals surface area contributed by atoms with Crippen LogP contribution in [0.5, 0.6) is 0 Å². The number of urea groups is 1. The Kier molecular flexibility index (Phi) is 6.60. The van der Waals surface area contributed by atoms with Gasteiger partial charge in [0.15, 0.2) is 0 Å². The first kappa shape index (κ1) is 17.8. The van der Waals surface area contributed by atoms with Crippen molar-refractivity contribution in [1.82, 2.24) is 10.6 Å². The summed E-state index contributed by atoms with van der Waals surface area (Å²) in [6.45, 7) is -0.167. The number of carboxylic acids is 1. The Labute approximate surface area is 140 Å². The molecular weight excluding hydrogens is 310 g/mol. The van der Waals surface area contributed by atoms with Gasteiger partial charge in [-0.25, -0.2) is 4.79 Å². The molecule has 3 amide bonds. The van der Waals surface area contributed by atoms with Crippen LogP contribution in [0.4, 0.5) is 10.5 Å². The number of carbonyl (C=O) groups is 3. The fraction of sp³-hybridized carbons (Fsp3) is 0.471. The molecule has 1 aromatic carbocycles. The van der Waals surface area contributed by atoms with Crippen LogP contribution in [0.1, 0.15) is 37.7 Å². The SMILES string of the molecule is O=C(O)Cc1ccccc1NC(=O)CNC(=O)NC1CCCCC1. The van der Waals surface area contributed by atoms with Gasteiger partial charge in [-0.15, -0.1) is 0 Å². The van der Waals surface area contributed by atoms with Gasteiger partial charge in [-0.1, -0.05) is 37.5 Å². The van der Waals surface area contributed by atoms with Gasteiger partial charge in [-0.2, -0.15) is 0 Å². The molecule has 0 heterocycles. The zero-order valence-electron chi connectivity index (χ0n) is 13.5. The molecule has 0 radical (unpaired) electrons. The van der Waals surface area contributed by atoms with Gasteiger partial charge in [-0.05, 0) is 24.5 Å². The normalized spacial score (nSPS) is 14.7. The third-order valence-corrected chi connectivity index (χ3v) is 3.98. The van der Waals surface area contributed by atoms with Crippen LogP contribution in [0, 0.1) is 0 Å². The van der Waals surface area contributed by atoms with E-state index in [1.54, 1.807) is 24.3 Å². The van der Waals surface area contributed by atoms with Gasteiger partial charge in [0, 0.05) is 11.7 Å². The number of aliphatic carboxylic acids is 1. The van der Waals surface area contributed by atoms with Gasteiger partial charge in [0.2, 0.25) is 5.91 Å². The van der Waals surface area contributed by atoms with Crippen LogP contribution in [0.15, 0.2) is 24.3 Å². The molecule has 1 aliphatic carbocycles. The van der Waals surface area contributed by atoms with Crippen molar-refractivity contribution >= 4 is 23.6 Å². The zero-order chi connectivity index (χ0) is 17.4. The maximum absolute atomic E-state index is 11.9. The van der Waals surface area contributed by atoms with Crippen molar-refractivity contribution in [3.8, 4) is 0 Å². The van der Waals surface area contributed by atoms with Crippen molar-refractivity contribution in [3.05, 3.63) is 29.8 Å². The Morgan fingerprint density at radius 1 is 1.08 bits per heavy atom. The number of carbonyl (C=O) groups excluding carboxylic acids is 2. The summed E-state index contributed by atoms with van der Waals surface area (Å²) in [7, 11) is 0. The highest BCUT2D eigenvalue weighted by Gasteiger charge is 2.16. The average molecular weight is 333 g/mol. The molecule has 4 N–H and O–H groups in total. The minimum Gasteiger partial charge on any atom is -0.481 e. The lowest BCUT2D eigenvalue weighted by atomic mass is 9.96. The number of anilines is 1. The van der Waals surface area contributed by atoms with E-state index in [4.69, 9.17) is 5.11 Å². The van der Waals surface area contributed by atoms with Crippen LogP contribution < -0.4 is 16.0 Å². The van der Waals surface area contributed by atoms with Gasteiger partial charge in [-0.3, -0.25) is 9.59 Å². The molecule has 0 bridgehead atoms. The average Bonchev–Trinajstić information content (AvgIpc) is 2.55. The molecule has 1 saturated carbocycles. The lowest BCUT2D eigenvalue weighted by molar-refractivity contribution is -0.136. The summed E-state index contributed by atoms with van der Waals surface area (Å²) in [5.41, 5.74) is 0.962. The van der Waals surface area contributed by atoms with E-state index >= 15 is 0 Å². The molecule has 0 spiro atoms. The Hall–Kier alpha value is -2.57. The van der Waals surface area contributed by atoms with E-state index in [0.717, 1.165) is 25.7 Å². The van der Waals surface area contributed by atoms with E-state index in [9.17, 15) is 14.4 Å². The maximum Gasteiger partial charge on any atom is 0.315 e. The van der Waals surface area contributed by atoms with E-state index in [1.807, 2.05) is 0 Å². The maximum atomic E-state index is 11.9. The lowest BCUT2D eigenvalue weighted by Crippen LogP contribution is -2.45. The molecule has 2 rings (SSSR count). The van der Waals surface area contributed by atoms with E-state index < -0.39 is 11.9 Å². The number of amides is 3. The predicted octanol–water partition coefficient (Wildman–Crippen LogP) is 1.88. The van der Waals surface area contributed by atoms with Crippen molar-refractivity contribution < 1.29 is 19.5 Å². The van der Waals surface area contributed by atoms with Crippen LogP contribution in [0.2, 0.25) is 0 Å². The number of hydrogen-bond acceptors (Lipinski definition) is 3. The highest BCUT2D eigenvalue weighted by atomic mass is 16.4. The van der Waals surface area contributed by atoms with Crippen molar-refractivity contribution in [2.45, 2.75) is 44.6 Å². The summed E-state index contributed by atoms with van der Waals surface area (Å²) in [5, 5.41) is 16.9. The summed E-state index contributed by atoms with van der Waals surface area (Å²) in [5.74, 6) is -1.37. The summed E-state index contributed by atoms with van der Waals surface area (Å²) < 4.78 is 0. The summed E-state index contributed by atoms with van der Waals surface area (Å²) in [4.78, 5) is 34.6. The molecule has 1 aliphatic rings. The third-order valence-electron chi connectivity index (χ3n) is 3.98. The van der Waals surface area contributed by atoms with Gasteiger partial charge in [0.05, 0.1) is 13.0 Å². The number of para-hydroxylation sites is 1. The van der Waals surface area contributed by atoms with Crippen LogP contribution in [0.25, 0.3) is 0 Å². The molecule has 130 valence electrons. The smallest absolute Gasteiger partial charge is 0.315 e. The van der Waals surface area contributed by atoms with Gasteiger partial charge >= 0.3 is 12.0 Å². The Bertz CT molecular complexity index is 597. The molecule has 1 fully saturated rings. The van der Waals surface area contributed by atoms with Crippen molar-refractivity contribution in [2.24, 2.45) is 0 Å². The Morgan fingerprint density at radius 2 is 1.79 bits per heavy atom. The van der Waals surface area contributed by atoms with Crippen molar-refractivity contribution in [2.75, 3.05) is 11.9 Å². The first-order valence-electron chi connectivity index (χ1n) is 8.18. The third kappa shape index (κ3) is 5.91. The van der Waals surface area contributed by atoms with E-state index in [-0.39, 0.29) is 25.0 Å². The van der Waals surface area contributed by atoms with Gasteiger partial charge in [0.25, 0.3) is 0 Å². The van der Waals surface area contributed by atoms with E-state index in [2.05, 4.69) is 16.0 Å². The first-order valence-corrected chi connectivity index (χ1v) is 8.18. The second kappa shape index (κ2) is 8.90. The molecule has 24 heavy (non-hydrogen) atoms. The van der Waals surface area contributed by atoms with E-state index in [1.165, 1.54) is 6.42 Å². The second-order valence-corrected chi connectivity index (χ2v) is 5.94. The number of benzene rings is 1. The minimum atomic E-state index is -0.971. The standard InChI is InChI=1S/C17H23N3O4/c21-15(11-18-17(24)19-13-7-2-1-3-8-13)20-14-9-5-4-6-12(14)10-16(22)23/h4-6,9,13H,1-3,7-8,10-11H2,(H,20,21)(H,22,23)(H2,18,19,24). The molecule has 7 nitrogen and oxygen atoms in total. The molecule has 0 aromatic heterocycles. The number of rotatable bonds is 6. The zero-order valence-corrected chi connectivity index (χ0v) is 13.5. The Balaban J connectivity index is 1.78. The molecule has 0 unspecified atom stereocenters. The second-order valence-electron chi connectivity index (χ2n) is 5.94. The first-order chi connectivity index (χ1) is 11.5. The van der Waals surface area contributed by atoms with Gasteiger partial charge < -0.3 is 21.1 Å². The Morgan fingerprint density at radius 3 is 2.50 bits per heavy atom. The van der Waals surface area contributed by atoms with Crippen LogP contribution in [0.3, 0.4) is 0 Å². The summed E-state index contributed by atoms with van der Waals surface area (Å²) in [6.07, 6.45) is 5.21. The van der Waals surface area contributed by atoms with Crippen molar-refractivity contribution in [3.63, 3.8) is 0 Å². The predicted molar refractivity (Wildman–Crippen MR) is 89.8 cm³/mol. The number of hydrogen-bond donors (Lipinski definition) is 4. The molecule has 0 saturated heterocycles. The number of carboxylic acid groups (broad SMARTS) is 1. The topological polar surface area (TPSA) is 108 Å². The minimum absolute atomic E-state index is 0.167. The van der Waals surface area contributed by atoms with E-state index in [0.29, 0.717) is 11.3 Å². The van der Waals surface area contributed by atoms with Crippen LogP contribution >= 0.6 is 0 Å². The number of nitrogens with one attached hydrogen (secondary N) is 3. The van der Waals surface area contributed by atoms with Crippen molar-refractivity contribution in [1.29, 1.82) is 0 Å². The summed E-state index contributed by atoms with van der Waals surface area (Å²) in [6, 6.07) is 6.54. The monoisotopic (exact) mass is 333 g/mol. The fourth-order valence-corrected chi connectivity index (χ4v) is 2.80. The molecule has 0 aliphatic heterocycles. The molecule has 1 aromatic rings. The lowest BCUT2D eigenvalue weighted by Gasteiger charge is -2.22. The van der Waals surface area contributed by atoms with Crippen LogP contribution in [-0.2, 0) is 16.0 Å². The molecule has 7 heteroatoms. The molecule has 0 atom stereocenters. The molecular formula is C17H23N3O4. The fourth-order valence-electron chi connectivity index (χ4n) is 2.80. The quantitative estimate of drug-likeness (QED) is 0.637. The summed E-state index contributed by atoms with van der Waals surface area (Å²) >= 11 is 0. The highest BCUT2D eigenvalue weighted by Crippen LogP contribution is 2.17. The highest BCUT2D eigenvalue weighted by molar-refractivity contribution is 5.95. The van der Waals surface area contributed by atoms with Crippen LogP contribution in [-0.4, -0.2) is 35.6 Å². The largest absolute Gasteiger partial charge is 0.481 e. The van der Waals surface area contributed by atoms with Gasteiger partial charge in [0.1, 0.15) is 0 Å².